The van der Waals surface area contributed by atoms with Crippen molar-refractivity contribution >= 4 is 45.4 Å². The molecule has 0 amide bonds. The van der Waals surface area contributed by atoms with Crippen LogP contribution in [0.3, 0.4) is 0 Å². The Hall–Kier alpha value is -2.55. The van der Waals surface area contributed by atoms with Crippen LogP contribution in [0.2, 0.25) is 0 Å². The van der Waals surface area contributed by atoms with Crippen LogP contribution < -0.4 is 0 Å². The second-order valence-electron chi connectivity index (χ2n) is 6.22. The largest absolute Gasteiger partial charge is 0.465 e. The first-order valence-corrected chi connectivity index (χ1v) is 10.2. The molecule has 2 rings (SSSR count). The lowest BCUT2D eigenvalue weighted by Gasteiger charge is -2.20. The first kappa shape index (κ1) is 22.7. The maximum Gasteiger partial charge on any atom is 0.345 e. The number of ether oxygens (including phenoxy) is 2. The van der Waals surface area contributed by atoms with Gasteiger partial charge in [-0.05, 0) is 65.9 Å². The number of allylic oxidation sites excluding steroid dienone is 3. The van der Waals surface area contributed by atoms with E-state index < -0.39 is 11.9 Å². The molecule has 154 valence electrons. The average Bonchev–Trinajstić information content (AvgIpc) is 3.16. The molecule has 0 unspecified atom stereocenters. The van der Waals surface area contributed by atoms with E-state index in [2.05, 4.69) is 60.2 Å². The quantitative estimate of drug-likeness (QED) is 0.138. The summed E-state index contributed by atoms with van der Waals surface area (Å²) in [4.78, 5) is 29.0. The molecule has 0 spiro atoms. The summed E-state index contributed by atoms with van der Waals surface area (Å²) in [5.41, 5.74) is 2.22. The van der Waals surface area contributed by atoms with Crippen molar-refractivity contribution in [2.24, 2.45) is 0 Å². The number of halogens is 1. The number of nitrogens with one attached hydrogen (secondary N) is 1. The molecule has 1 N–H and O–H groups in total. The highest BCUT2D eigenvalue weighted by atomic mass is 127. The van der Waals surface area contributed by atoms with Crippen LogP contribution in [0.25, 0.3) is 10.9 Å². The van der Waals surface area contributed by atoms with Gasteiger partial charge in [0, 0.05) is 33.8 Å². The van der Waals surface area contributed by atoms with Crippen LogP contribution in [0, 0.1) is 0 Å². The zero-order valence-electron chi connectivity index (χ0n) is 16.8. The van der Waals surface area contributed by atoms with Gasteiger partial charge in [0.15, 0.2) is 0 Å². The summed E-state index contributed by atoms with van der Waals surface area (Å²) in [6.07, 6.45) is 9.89. The molecule has 6 nitrogen and oxygen atoms in total. The van der Waals surface area contributed by atoms with Gasteiger partial charge in [-0.1, -0.05) is 24.3 Å². The lowest BCUT2D eigenvalue weighted by molar-refractivity contribution is -0.144. The Morgan fingerprint density at radius 3 is 2.52 bits per heavy atom. The van der Waals surface area contributed by atoms with Crippen molar-refractivity contribution < 1.29 is 19.1 Å². The summed E-state index contributed by atoms with van der Waals surface area (Å²) in [7, 11) is 2.45. The molecule has 0 aliphatic heterocycles. The van der Waals surface area contributed by atoms with Gasteiger partial charge >= 0.3 is 11.9 Å². The topological polar surface area (TPSA) is 71.6 Å². The smallest absolute Gasteiger partial charge is 0.345 e. The van der Waals surface area contributed by atoms with E-state index in [-0.39, 0.29) is 5.57 Å². The van der Waals surface area contributed by atoms with E-state index in [9.17, 15) is 9.59 Å². The number of H-pyrrole nitrogens is 1. The molecule has 1 aromatic carbocycles. The number of benzene rings is 1. The Labute approximate surface area is 184 Å². The Bertz CT molecular complexity index is 925. The Morgan fingerprint density at radius 2 is 1.86 bits per heavy atom. The summed E-state index contributed by atoms with van der Waals surface area (Å²) in [5, 5.41) is 1.22. The first-order chi connectivity index (χ1) is 14.0. The van der Waals surface area contributed by atoms with Crippen LogP contribution in [0.5, 0.6) is 0 Å². The molecular formula is C22H25IN2O4. The third-order valence-corrected chi connectivity index (χ3v) is 5.34. The Balaban J connectivity index is 2.16. The Kier molecular flexibility index (Phi) is 8.98. The van der Waals surface area contributed by atoms with E-state index in [4.69, 9.17) is 0 Å². The van der Waals surface area contributed by atoms with Gasteiger partial charge in [0.25, 0.3) is 0 Å². The molecule has 0 saturated heterocycles. The number of hydrogen-bond acceptors (Lipinski definition) is 5. The van der Waals surface area contributed by atoms with Crippen molar-refractivity contribution in [3.8, 4) is 0 Å². The highest BCUT2D eigenvalue weighted by Gasteiger charge is 2.18. The molecule has 29 heavy (non-hydrogen) atoms. The summed E-state index contributed by atoms with van der Waals surface area (Å²) in [5.74, 6) is -1.45. The maximum atomic E-state index is 11.8. The van der Waals surface area contributed by atoms with Gasteiger partial charge in [0.2, 0.25) is 0 Å². The fraction of sp³-hybridized carbons (Fsp3) is 0.273. The van der Waals surface area contributed by atoms with Gasteiger partial charge in [-0.25, -0.2) is 9.59 Å². The van der Waals surface area contributed by atoms with E-state index in [1.807, 2.05) is 31.5 Å². The van der Waals surface area contributed by atoms with Crippen molar-refractivity contribution in [1.29, 1.82) is 0 Å². The van der Waals surface area contributed by atoms with E-state index in [1.54, 1.807) is 6.08 Å². The molecular weight excluding hydrogens is 483 g/mol. The van der Waals surface area contributed by atoms with Gasteiger partial charge in [0.1, 0.15) is 5.57 Å². The SMILES string of the molecule is C/C=C(\I)CN(/C=C/C=C(C(=O)OC)C(=O)OC)CCc1c[nH]c2ccccc12. The Morgan fingerprint density at radius 1 is 1.17 bits per heavy atom. The van der Waals surface area contributed by atoms with Crippen molar-refractivity contribution in [3.63, 3.8) is 0 Å². The van der Waals surface area contributed by atoms with Gasteiger partial charge in [0.05, 0.1) is 14.2 Å². The van der Waals surface area contributed by atoms with Crippen molar-refractivity contribution in [2.75, 3.05) is 27.3 Å². The zero-order valence-corrected chi connectivity index (χ0v) is 18.9. The number of esters is 2. The second-order valence-corrected chi connectivity index (χ2v) is 7.61. The number of methoxy groups -OCH3 is 2. The molecule has 1 aromatic heterocycles. The minimum absolute atomic E-state index is 0.149. The van der Waals surface area contributed by atoms with Crippen LogP contribution in [-0.2, 0) is 25.5 Å². The second kappa shape index (κ2) is 11.5. The van der Waals surface area contributed by atoms with Gasteiger partial charge in [-0.2, -0.15) is 0 Å². The van der Waals surface area contributed by atoms with Gasteiger partial charge in [-0.15, -0.1) is 0 Å². The van der Waals surface area contributed by atoms with Crippen molar-refractivity contribution in [3.05, 3.63) is 69.6 Å². The van der Waals surface area contributed by atoms with E-state index in [1.165, 1.54) is 34.8 Å². The fourth-order valence-electron chi connectivity index (χ4n) is 2.79. The molecule has 0 saturated carbocycles. The lowest BCUT2D eigenvalue weighted by atomic mass is 10.1. The lowest BCUT2D eigenvalue weighted by Crippen LogP contribution is -2.21. The number of hydrogen-bond donors (Lipinski definition) is 1. The normalized spacial score (nSPS) is 11.5. The minimum atomic E-state index is -0.727. The highest BCUT2D eigenvalue weighted by molar-refractivity contribution is 14.1. The molecule has 0 atom stereocenters. The van der Waals surface area contributed by atoms with E-state index in [0.717, 1.165) is 25.0 Å². The molecule has 1 heterocycles. The van der Waals surface area contributed by atoms with Crippen LogP contribution in [0.4, 0.5) is 0 Å². The van der Waals surface area contributed by atoms with Crippen LogP contribution in [0.15, 0.2) is 64.0 Å². The number of para-hydroxylation sites is 1. The summed E-state index contributed by atoms with van der Waals surface area (Å²) in [6.45, 7) is 3.50. The average molecular weight is 508 g/mol. The summed E-state index contributed by atoms with van der Waals surface area (Å²) in [6, 6.07) is 8.22. The number of carbonyl (C=O) groups is 2. The fourth-order valence-corrected chi connectivity index (χ4v) is 3.23. The molecule has 0 radical (unpaired) electrons. The molecule has 0 bridgehead atoms. The van der Waals surface area contributed by atoms with Gasteiger partial charge < -0.3 is 19.4 Å². The predicted molar refractivity (Wildman–Crippen MR) is 123 cm³/mol. The van der Waals surface area contributed by atoms with E-state index in [0.29, 0.717) is 0 Å². The maximum absolute atomic E-state index is 11.8. The standard InChI is InChI=1S/C22H25IN2O4/c1-4-17(23)15-25(12-7-9-19(21(26)28-2)22(27)29-3)13-11-16-14-24-20-10-6-5-8-18(16)20/h4-10,12,14,24H,11,13,15H2,1-3H3/b12-7+,17-4-. The third kappa shape index (κ3) is 6.49. The minimum Gasteiger partial charge on any atom is -0.465 e. The number of nitrogens with zero attached hydrogens (tertiary/aromatic N) is 1. The molecule has 0 fully saturated rings. The molecule has 0 aliphatic carbocycles. The van der Waals surface area contributed by atoms with Crippen LogP contribution in [0.1, 0.15) is 12.5 Å². The van der Waals surface area contributed by atoms with Crippen LogP contribution >= 0.6 is 22.6 Å². The van der Waals surface area contributed by atoms with Gasteiger partial charge in [-0.3, -0.25) is 0 Å². The monoisotopic (exact) mass is 508 g/mol. The number of aromatic amines is 1. The molecule has 7 heteroatoms. The summed E-state index contributed by atoms with van der Waals surface area (Å²) < 4.78 is 10.5. The number of rotatable bonds is 9. The third-order valence-electron chi connectivity index (χ3n) is 4.38. The molecule has 2 aromatic rings. The van der Waals surface area contributed by atoms with Crippen molar-refractivity contribution in [1.82, 2.24) is 9.88 Å². The van der Waals surface area contributed by atoms with Crippen LogP contribution in [-0.4, -0.2) is 49.1 Å². The number of carbonyl (C=O) groups excluding carboxylic acids is 2. The zero-order chi connectivity index (χ0) is 21.2. The van der Waals surface area contributed by atoms with E-state index >= 15 is 0 Å². The highest BCUT2D eigenvalue weighted by Crippen LogP contribution is 2.19. The number of fused-ring (bicyclic) bond motifs is 1. The summed E-state index contributed by atoms with van der Waals surface area (Å²) >= 11 is 2.30. The van der Waals surface area contributed by atoms with Crippen molar-refractivity contribution in [2.45, 2.75) is 13.3 Å². The molecule has 0 aliphatic rings. The predicted octanol–water partition coefficient (Wildman–Crippen LogP) is 4.14. The first-order valence-electron chi connectivity index (χ1n) is 9.15. The number of aromatic nitrogens is 1.